The number of ether oxygens (including phenoxy) is 1. The summed E-state index contributed by atoms with van der Waals surface area (Å²) in [7, 11) is 2.10. The number of amides is 1. The molecule has 7 heteroatoms. The summed E-state index contributed by atoms with van der Waals surface area (Å²) in [5.74, 6) is 0.713. The Morgan fingerprint density at radius 2 is 2.16 bits per heavy atom. The van der Waals surface area contributed by atoms with Gasteiger partial charge in [0.15, 0.2) is 0 Å². The third-order valence-electron chi connectivity index (χ3n) is 4.58. The monoisotopic (exact) mass is 356 g/mol. The van der Waals surface area contributed by atoms with Crippen molar-refractivity contribution in [1.82, 2.24) is 20.1 Å². The molecule has 3 aliphatic heterocycles. The Kier molecular flexibility index (Phi) is 4.55. The standard InChI is InChI=1S/C18H21N4O2P/c1-24-16-4-2-13(11-20-16)15-10-17(23)22-12-14(3-5-18(22)25-15)21-8-6-19-7-9-21/h2-5,10-12,18-19,25H,6-9H2,1H3. The maximum absolute atomic E-state index is 12.7. The average Bonchev–Trinajstić information content (AvgIpc) is 2.68. The van der Waals surface area contributed by atoms with Gasteiger partial charge in [0.05, 0.1) is 18.6 Å². The molecule has 4 heterocycles. The van der Waals surface area contributed by atoms with E-state index in [1.54, 1.807) is 19.4 Å². The number of methoxy groups -OCH3 is 1. The van der Waals surface area contributed by atoms with Crippen LogP contribution in [0.5, 0.6) is 5.88 Å². The Hall–Kier alpha value is -2.17. The molecule has 1 amide bonds. The highest BCUT2D eigenvalue weighted by molar-refractivity contribution is 7.51. The van der Waals surface area contributed by atoms with Crippen LogP contribution in [0.4, 0.5) is 0 Å². The molecule has 2 atom stereocenters. The summed E-state index contributed by atoms with van der Waals surface area (Å²) in [6, 6.07) is 3.79. The third kappa shape index (κ3) is 3.32. The molecular formula is C18H21N4O2P. The van der Waals surface area contributed by atoms with E-state index in [9.17, 15) is 4.79 Å². The first-order valence-corrected chi connectivity index (χ1v) is 9.49. The van der Waals surface area contributed by atoms with Gasteiger partial charge in [0.2, 0.25) is 5.88 Å². The summed E-state index contributed by atoms with van der Waals surface area (Å²) in [4.78, 5) is 21.1. The van der Waals surface area contributed by atoms with Crippen LogP contribution in [0.1, 0.15) is 5.56 Å². The number of carbonyl (C=O) groups is 1. The number of nitrogens with zero attached hydrogens (tertiary/aromatic N) is 3. The van der Waals surface area contributed by atoms with Crippen LogP contribution < -0.4 is 10.1 Å². The number of allylic oxidation sites excluding steroid dienone is 1. The van der Waals surface area contributed by atoms with Gasteiger partial charge < -0.3 is 19.9 Å². The number of nitrogens with one attached hydrogen (secondary N) is 1. The predicted molar refractivity (Wildman–Crippen MR) is 99.4 cm³/mol. The molecule has 1 N–H and O–H groups in total. The van der Waals surface area contributed by atoms with Crippen molar-refractivity contribution < 1.29 is 9.53 Å². The van der Waals surface area contributed by atoms with Gasteiger partial charge >= 0.3 is 0 Å². The Balaban J connectivity index is 1.55. The lowest BCUT2D eigenvalue weighted by Crippen LogP contribution is -2.44. The molecule has 0 spiro atoms. The molecule has 1 fully saturated rings. The van der Waals surface area contributed by atoms with Gasteiger partial charge in [0.1, 0.15) is 0 Å². The largest absolute Gasteiger partial charge is 0.481 e. The minimum Gasteiger partial charge on any atom is -0.481 e. The van der Waals surface area contributed by atoms with Crippen molar-refractivity contribution in [3.8, 4) is 5.88 Å². The molecule has 0 aromatic carbocycles. The molecule has 0 saturated carbocycles. The molecule has 0 bridgehead atoms. The molecule has 1 saturated heterocycles. The van der Waals surface area contributed by atoms with Gasteiger partial charge in [-0.1, -0.05) is 14.7 Å². The fourth-order valence-electron chi connectivity index (χ4n) is 3.20. The lowest BCUT2D eigenvalue weighted by atomic mass is 10.2. The van der Waals surface area contributed by atoms with Crippen LogP contribution in [0.15, 0.2) is 48.5 Å². The van der Waals surface area contributed by atoms with Crippen LogP contribution in [0.2, 0.25) is 0 Å². The van der Waals surface area contributed by atoms with Crippen LogP contribution in [0.25, 0.3) is 5.31 Å². The predicted octanol–water partition coefficient (Wildman–Crippen LogP) is 1.59. The maximum atomic E-state index is 12.7. The summed E-state index contributed by atoms with van der Waals surface area (Å²) in [5, 5.41) is 4.40. The second kappa shape index (κ2) is 6.98. The summed E-state index contributed by atoms with van der Waals surface area (Å²) in [6.45, 7) is 3.92. The van der Waals surface area contributed by atoms with E-state index in [1.165, 1.54) is 0 Å². The highest BCUT2D eigenvalue weighted by atomic mass is 31.1. The first kappa shape index (κ1) is 16.3. The molecule has 130 valence electrons. The first-order valence-electron chi connectivity index (χ1n) is 8.41. The highest BCUT2D eigenvalue weighted by Crippen LogP contribution is 2.44. The maximum Gasteiger partial charge on any atom is 0.252 e. The van der Waals surface area contributed by atoms with E-state index in [0.717, 1.165) is 42.8 Å². The van der Waals surface area contributed by atoms with Crippen LogP contribution in [-0.2, 0) is 4.79 Å². The van der Waals surface area contributed by atoms with Gasteiger partial charge in [-0.15, -0.1) is 0 Å². The Labute approximate surface area is 149 Å². The molecule has 3 aliphatic rings. The Morgan fingerprint density at radius 1 is 1.32 bits per heavy atom. The van der Waals surface area contributed by atoms with Crippen molar-refractivity contribution in [3.05, 3.63) is 54.0 Å². The van der Waals surface area contributed by atoms with E-state index >= 15 is 0 Å². The van der Waals surface area contributed by atoms with E-state index in [2.05, 4.69) is 27.4 Å². The van der Waals surface area contributed by atoms with Gasteiger partial charge in [0.25, 0.3) is 5.91 Å². The molecular weight excluding hydrogens is 335 g/mol. The van der Waals surface area contributed by atoms with Crippen molar-refractivity contribution >= 4 is 19.8 Å². The van der Waals surface area contributed by atoms with Gasteiger partial charge in [-0.25, -0.2) is 4.98 Å². The summed E-state index contributed by atoms with van der Waals surface area (Å²) in [6.07, 6.45) is 9.82. The molecule has 0 aliphatic carbocycles. The Bertz CT molecular complexity index is 751. The van der Waals surface area contributed by atoms with E-state index in [1.807, 2.05) is 23.2 Å². The number of pyridine rings is 1. The minimum atomic E-state index is 0.0338. The van der Waals surface area contributed by atoms with Crippen LogP contribution in [0, 0.1) is 0 Å². The van der Waals surface area contributed by atoms with Crippen molar-refractivity contribution in [2.75, 3.05) is 33.3 Å². The summed E-state index contributed by atoms with van der Waals surface area (Å²) < 4.78 is 5.10. The van der Waals surface area contributed by atoms with Gasteiger partial charge in [0, 0.05) is 56.3 Å². The molecule has 4 rings (SSSR count). The van der Waals surface area contributed by atoms with E-state index in [0.29, 0.717) is 14.5 Å². The van der Waals surface area contributed by atoms with E-state index in [4.69, 9.17) is 4.74 Å². The number of fused-ring (bicyclic) bond motifs is 1. The lowest BCUT2D eigenvalue weighted by molar-refractivity contribution is -0.123. The number of aromatic nitrogens is 1. The minimum absolute atomic E-state index is 0.0338. The van der Waals surface area contributed by atoms with Crippen molar-refractivity contribution in [3.63, 3.8) is 0 Å². The van der Waals surface area contributed by atoms with Crippen molar-refractivity contribution in [2.24, 2.45) is 0 Å². The van der Waals surface area contributed by atoms with Crippen LogP contribution in [-0.4, -0.2) is 59.8 Å². The highest BCUT2D eigenvalue weighted by Gasteiger charge is 2.29. The topological polar surface area (TPSA) is 57.7 Å². The van der Waals surface area contributed by atoms with Crippen LogP contribution >= 0.6 is 8.58 Å². The smallest absolute Gasteiger partial charge is 0.252 e. The number of rotatable bonds is 3. The second-order valence-corrected chi connectivity index (χ2v) is 7.55. The molecule has 2 unspecified atom stereocenters. The molecule has 1 aromatic rings. The number of hydrogen-bond acceptors (Lipinski definition) is 5. The fraction of sp³-hybridized carbons (Fsp3) is 0.333. The van der Waals surface area contributed by atoms with E-state index in [-0.39, 0.29) is 11.7 Å². The third-order valence-corrected chi connectivity index (χ3v) is 6.10. The number of hydrogen-bond donors (Lipinski definition) is 1. The zero-order chi connectivity index (χ0) is 17.2. The zero-order valence-corrected chi connectivity index (χ0v) is 15.1. The number of piperazine rings is 1. The zero-order valence-electron chi connectivity index (χ0n) is 14.1. The summed E-state index contributed by atoms with van der Waals surface area (Å²) in [5.41, 5.74) is 2.11. The molecule has 25 heavy (non-hydrogen) atoms. The molecule has 0 radical (unpaired) electrons. The molecule has 6 nitrogen and oxygen atoms in total. The average molecular weight is 356 g/mol. The number of carbonyl (C=O) groups excluding carboxylic acids is 1. The fourth-order valence-corrected chi connectivity index (χ4v) is 4.58. The van der Waals surface area contributed by atoms with Gasteiger partial charge in [-0.05, 0) is 17.5 Å². The second-order valence-electron chi connectivity index (χ2n) is 6.13. The normalized spacial score (nSPS) is 24.0. The van der Waals surface area contributed by atoms with Crippen LogP contribution in [0.3, 0.4) is 0 Å². The lowest BCUT2D eigenvalue weighted by Gasteiger charge is -2.37. The quantitative estimate of drug-likeness (QED) is 0.834. The van der Waals surface area contributed by atoms with Gasteiger partial charge in [-0.2, -0.15) is 0 Å². The van der Waals surface area contributed by atoms with Gasteiger partial charge in [-0.3, -0.25) is 4.79 Å². The Morgan fingerprint density at radius 3 is 2.88 bits per heavy atom. The van der Waals surface area contributed by atoms with E-state index < -0.39 is 0 Å². The molecule has 1 aromatic heterocycles. The van der Waals surface area contributed by atoms with Crippen molar-refractivity contribution in [1.29, 1.82) is 0 Å². The SMILES string of the molecule is COc1ccc(C2=CC(=O)N3C=C(N4CCNCC4)C=CC3P2)cn1. The summed E-state index contributed by atoms with van der Waals surface area (Å²) >= 11 is 0. The van der Waals surface area contributed by atoms with Crippen molar-refractivity contribution in [2.45, 2.75) is 5.78 Å². The first-order chi connectivity index (χ1) is 12.2.